The predicted octanol–water partition coefficient (Wildman–Crippen LogP) is 3.66. The first-order valence-electron chi connectivity index (χ1n) is 7.69. The fraction of sp³-hybridized carbons (Fsp3) is 0.562. The molecule has 0 radical (unpaired) electrons. The van der Waals surface area contributed by atoms with Crippen LogP contribution in [0.4, 0.5) is 19.0 Å². The zero-order chi connectivity index (χ0) is 17.3. The van der Waals surface area contributed by atoms with Gasteiger partial charge in [-0.05, 0) is 45.7 Å². The van der Waals surface area contributed by atoms with Gasteiger partial charge in [-0.3, -0.25) is 0 Å². The van der Waals surface area contributed by atoms with E-state index in [1.807, 2.05) is 26.0 Å². The maximum atomic E-state index is 12.7. The lowest BCUT2D eigenvalue weighted by atomic mass is 9.98. The van der Waals surface area contributed by atoms with Gasteiger partial charge in [-0.2, -0.15) is 13.2 Å². The average molecular weight is 329 g/mol. The lowest BCUT2D eigenvalue weighted by molar-refractivity contribution is -0.254. The number of anilines is 1. The topological polar surface area (TPSA) is 52.1 Å². The van der Waals surface area contributed by atoms with Gasteiger partial charge in [0, 0.05) is 24.2 Å². The van der Waals surface area contributed by atoms with E-state index in [0.717, 1.165) is 36.7 Å². The summed E-state index contributed by atoms with van der Waals surface area (Å²) in [6, 6.07) is 3.74. The Kier molecular flexibility index (Phi) is 4.89. The molecule has 0 saturated carbocycles. The fourth-order valence-electron chi connectivity index (χ4n) is 2.45. The number of fused-ring (bicyclic) bond motifs is 1. The second-order valence-corrected chi connectivity index (χ2v) is 5.87. The van der Waals surface area contributed by atoms with Crippen LogP contribution >= 0.6 is 0 Å². The average Bonchev–Trinajstić information content (AvgIpc) is 2.87. The summed E-state index contributed by atoms with van der Waals surface area (Å²) in [6.07, 6.45) is -3.22. The maximum absolute atomic E-state index is 12.7. The molecule has 4 nitrogen and oxygen atoms in total. The molecule has 2 rings (SSSR count). The van der Waals surface area contributed by atoms with Crippen LogP contribution in [-0.4, -0.2) is 39.9 Å². The summed E-state index contributed by atoms with van der Waals surface area (Å²) < 4.78 is 38.1. The number of H-pyrrole nitrogens is 1. The Balaban J connectivity index is 2.18. The van der Waals surface area contributed by atoms with Crippen LogP contribution in [0.15, 0.2) is 18.3 Å². The second kappa shape index (κ2) is 6.39. The molecule has 7 heteroatoms. The highest BCUT2D eigenvalue weighted by Gasteiger charge is 2.49. The summed E-state index contributed by atoms with van der Waals surface area (Å²) in [5.74, 6) is 0.843. The Morgan fingerprint density at radius 1 is 1.22 bits per heavy atom. The van der Waals surface area contributed by atoms with Gasteiger partial charge in [0.25, 0.3) is 0 Å². The van der Waals surface area contributed by atoms with Gasteiger partial charge in [0.05, 0.1) is 11.7 Å². The molecule has 0 spiro atoms. The van der Waals surface area contributed by atoms with Crippen molar-refractivity contribution in [2.24, 2.45) is 0 Å². The number of aromatic amines is 1. The molecule has 1 atom stereocenters. The van der Waals surface area contributed by atoms with Crippen LogP contribution in [0.3, 0.4) is 0 Å². The summed E-state index contributed by atoms with van der Waals surface area (Å²) in [5, 5.41) is 10.4. The first kappa shape index (κ1) is 17.6. The van der Waals surface area contributed by atoms with Crippen LogP contribution in [0, 0.1) is 0 Å². The number of nitrogens with zero attached hydrogens (tertiary/aromatic N) is 2. The van der Waals surface area contributed by atoms with Gasteiger partial charge in [-0.25, -0.2) is 4.98 Å². The van der Waals surface area contributed by atoms with Gasteiger partial charge in [0.15, 0.2) is 5.60 Å². The molecular formula is C16H22F3N3O. The standard InChI is InChI=1S/C16H22F3N3O/c1-4-22(5-2)14-9-11-8-12(21-13(11)10-20-14)6-7-15(3,23)16(17,18)19/h8-10,21,23H,4-7H2,1-3H3. The smallest absolute Gasteiger partial charge is 0.381 e. The summed E-state index contributed by atoms with van der Waals surface area (Å²) in [4.78, 5) is 9.54. The highest BCUT2D eigenvalue weighted by molar-refractivity contribution is 5.82. The van der Waals surface area contributed by atoms with E-state index < -0.39 is 11.8 Å². The van der Waals surface area contributed by atoms with E-state index in [0.29, 0.717) is 5.69 Å². The fourth-order valence-corrected chi connectivity index (χ4v) is 2.45. The van der Waals surface area contributed by atoms with Gasteiger partial charge in [-0.15, -0.1) is 0 Å². The third-order valence-corrected chi connectivity index (χ3v) is 4.13. The van der Waals surface area contributed by atoms with Crippen LogP contribution in [0.5, 0.6) is 0 Å². The van der Waals surface area contributed by atoms with Gasteiger partial charge in [0.1, 0.15) is 5.82 Å². The number of alkyl halides is 3. The minimum absolute atomic E-state index is 0.113. The number of aromatic nitrogens is 2. The van der Waals surface area contributed by atoms with Gasteiger partial charge < -0.3 is 15.0 Å². The minimum atomic E-state index is -4.63. The van der Waals surface area contributed by atoms with E-state index in [9.17, 15) is 18.3 Å². The first-order chi connectivity index (χ1) is 10.7. The Morgan fingerprint density at radius 2 is 1.87 bits per heavy atom. The molecule has 0 bridgehead atoms. The molecule has 128 valence electrons. The maximum Gasteiger partial charge on any atom is 0.416 e. The van der Waals surface area contributed by atoms with E-state index in [1.54, 1.807) is 6.20 Å². The number of hydrogen-bond acceptors (Lipinski definition) is 3. The lowest BCUT2D eigenvalue weighted by Gasteiger charge is -2.25. The van der Waals surface area contributed by atoms with Crippen molar-refractivity contribution in [2.75, 3.05) is 18.0 Å². The number of pyridine rings is 1. The Morgan fingerprint density at radius 3 is 2.43 bits per heavy atom. The molecular weight excluding hydrogens is 307 g/mol. The van der Waals surface area contributed by atoms with Crippen LogP contribution in [-0.2, 0) is 6.42 Å². The van der Waals surface area contributed by atoms with Crippen LogP contribution in [0.1, 0.15) is 32.9 Å². The Labute approximate surface area is 133 Å². The molecule has 2 aromatic heterocycles. The minimum Gasteiger partial charge on any atom is -0.381 e. The number of halogens is 3. The molecule has 2 heterocycles. The molecule has 0 fully saturated rings. The largest absolute Gasteiger partial charge is 0.416 e. The van der Waals surface area contributed by atoms with Gasteiger partial charge in [-0.1, -0.05) is 0 Å². The summed E-state index contributed by atoms with van der Waals surface area (Å²) >= 11 is 0. The number of aliphatic hydroxyl groups is 1. The molecule has 2 aromatic rings. The monoisotopic (exact) mass is 329 g/mol. The number of hydrogen-bond donors (Lipinski definition) is 2. The van der Waals surface area contributed by atoms with E-state index in [-0.39, 0.29) is 12.8 Å². The van der Waals surface area contributed by atoms with Crippen molar-refractivity contribution in [3.63, 3.8) is 0 Å². The summed E-state index contributed by atoms with van der Waals surface area (Å²) in [5.41, 5.74) is -1.25. The van der Waals surface area contributed by atoms with Gasteiger partial charge in [0.2, 0.25) is 0 Å². The molecule has 2 N–H and O–H groups in total. The van der Waals surface area contributed by atoms with Crippen molar-refractivity contribution >= 4 is 16.7 Å². The van der Waals surface area contributed by atoms with Gasteiger partial charge >= 0.3 is 6.18 Å². The molecule has 0 amide bonds. The number of nitrogens with one attached hydrogen (secondary N) is 1. The van der Waals surface area contributed by atoms with Crippen molar-refractivity contribution < 1.29 is 18.3 Å². The normalized spacial score (nSPS) is 14.9. The van der Waals surface area contributed by atoms with E-state index in [1.165, 1.54) is 0 Å². The first-order valence-corrected chi connectivity index (χ1v) is 7.69. The zero-order valence-electron chi connectivity index (χ0n) is 13.5. The van der Waals surface area contributed by atoms with Crippen molar-refractivity contribution in [1.82, 2.24) is 9.97 Å². The summed E-state index contributed by atoms with van der Waals surface area (Å²) in [7, 11) is 0. The molecule has 0 aliphatic heterocycles. The third-order valence-electron chi connectivity index (χ3n) is 4.13. The van der Waals surface area contributed by atoms with Crippen LogP contribution < -0.4 is 4.90 Å². The number of rotatable bonds is 6. The molecule has 0 aliphatic carbocycles. The SMILES string of the molecule is CCN(CC)c1cc2cc(CCC(C)(O)C(F)(F)F)[nH]c2cn1. The second-order valence-electron chi connectivity index (χ2n) is 5.87. The molecule has 1 unspecified atom stereocenters. The molecule has 0 aliphatic rings. The predicted molar refractivity (Wildman–Crippen MR) is 84.7 cm³/mol. The van der Waals surface area contributed by atoms with Crippen LogP contribution in [0.2, 0.25) is 0 Å². The van der Waals surface area contributed by atoms with Crippen LogP contribution in [0.25, 0.3) is 10.9 Å². The highest BCUT2D eigenvalue weighted by atomic mass is 19.4. The van der Waals surface area contributed by atoms with E-state index in [4.69, 9.17) is 0 Å². The third kappa shape index (κ3) is 3.77. The Bertz CT molecular complexity index is 660. The summed E-state index contributed by atoms with van der Waals surface area (Å²) in [6.45, 7) is 6.55. The van der Waals surface area contributed by atoms with E-state index in [2.05, 4.69) is 14.9 Å². The Hall–Kier alpha value is -1.76. The van der Waals surface area contributed by atoms with Crippen molar-refractivity contribution in [3.05, 3.63) is 24.0 Å². The number of aryl methyl sites for hydroxylation is 1. The zero-order valence-corrected chi connectivity index (χ0v) is 13.5. The molecule has 23 heavy (non-hydrogen) atoms. The van der Waals surface area contributed by atoms with Crippen molar-refractivity contribution in [3.8, 4) is 0 Å². The highest BCUT2D eigenvalue weighted by Crippen LogP contribution is 2.33. The van der Waals surface area contributed by atoms with E-state index >= 15 is 0 Å². The quantitative estimate of drug-likeness (QED) is 0.850. The molecule has 0 aromatic carbocycles. The van der Waals surface area contributed by atoms with Crippen molar-refractivity contribution in [2.45, 2.75) is 45.4 Å². The molecule has 0 saturated heterocycles. The van der Waals surface area contributed by atoms with Crippen molar-refractivity contribution in [1.29, 1.82) is 0 Å². The lowest BCUT2D eigenvalue weighted by Crippen LogP contribution is -2.42.